The lowest BCUT2D eigenvalue weighted by atomic mass is 10.2. The first-order valence-electron chi connectivity index (χ1n) is 5.90. The van der Waals surface area contributed by atoms with Crippen molar-refractivity contribution in [1.82, 2.24) is 0 Å². The number of aryl methyl sites for hydroxylation is 1. The quantitative estimate of drug-likeness (QED) is 0.560. The van der Waals surface area contributed by atoms with Gasteiger partial charge in [0.05, 0.1) is 4.47 Å². The molecule has 0 aromatic heterocycles. The normalized spacial score (nSPS) is 10.2. The van der Waals surface area contributed by atoms with Gasteiger partial charge in [-0.25, -0.2) is 4.79 Å². The van der Waals surface area contributed by atoms with Crippen LogP contribution in [0, 0.1) is 6.92 Å². The highest BCUT2D eigenvalue weighted by Crippen LogP contribution is 2.28. The van der Waals surface area contributed by atoms with Crippen molar-refractivity contribution in [2.45, 2.75) is 6.92 Å². The number of carbonyl (C=O) groups is 1. The van der Waals surface area contributed by atoms with E-state index < -0.39 is 5.97 Å². The summed E-state index contributed by atoms with van der Waals surface area (Å²) in [5.74, 6) is 0.664. The molecule has 0 radical (unpaired) electrons. The van der Waals surface area contributed by atoms with Gasteiger partial charge in [0.1, 0.15) is 11.5 Å². The molecular weight excluding hydrogens is 388 g/mol. The number of hydrogen-bond donors (Lipinski definition) is 0. The van der Waals surface area contributed by atoms with Crippen LogP contribution in [0.5, 0.6) is 11.5 Å². The third kappa shape index (κ3) is 4.35. The molecule has 20 heavy (non-hydrogen) atoms. The van der Waals surface area contributed by atoms with Gasteiger partial charge >= 0.3 is 5.97 Å². The first kappa shape index (κ1) is 15.1. The van der Waals surface area contributed by atoms with Gasteiger partial charge in [-0.05, 0) is 53.2 Å². The molecule has 0 heterocycles. The van der Waals surface area contributed by atoms with Crippen molar-refractivity contribution in [3.05, 3.63) is 57.0 Å². The van der Waals surface area contributed by atoms with Crippen LogP contribution in [-0.4, -0.2) is 12.6 Å². The van der Waals surface area contributed by atoms with E-state index in [1.54, 1.807) is 18.2 Å². The van der Waals surface area contributed by atoms with E-state index in [0.29, 0.717) is 11.5 Å². The Morgan fingerprint density at radius 3 is 2.45 bits per heavy atom. The van der Waals surface area contributed by atoms with E-state index in [9.17, 15) is 4.79 Å². The summed E-state index contributed by atoms with van der Waals surface area (Å²) in [6.07, 6.45) is 0. The fraction of sp³-hybridized carbons (Fsp3) is 0.133. The van der Waals surface area contributed by atoms with Gasteiger partial charge in [0.15, 0.2) is 6.61 Å². The molecule has 0 saturated carbocycles. The van der Waals surface area contributed by atoms with Crippen LogP contribution < -0.4 is 9.47 Å². The number of esters is 1. The molecule has 0 aliphatic carbocycles. The lowest BCUT2D eigenvalue weighted by Gasteiger charge is -2.08. The van der Waals surface area contributed by atoms with Crippen molar-refractivity contribution in [3.8, 4) is 11.5 Å². The van der Waals surface area contributed by atoms with Gasteiger partial charge in [-0.2, -0.15) is 0 Å². The fourth-order valence-corrected chi connectivity index (χ4v) is 2.66. The molecule has 0 unspecified atom stereocenters. The maximum Gasteiger partial charge on any atom is 0.349 e. The molecule has 5 heteroatoms. The van der Waals surface area contributed by atoms with E-state index in [0.717, 1.165) is 14.5 Å². The third-order valence-electron chi connectivity index (χ3n) is 2.49. The molecule has 3 nitrogen and oxygen atoms in total. The van der Waals surface area contributed by atoms with E-state index in [-0.39, 0.29) is 6.61 Å². The van der Waals surface area contributed by atoms with Crippen LogP contribution in [0.15, 0.2) is 51.4 Å². The first-order chi connectivity index (χ1) is 9.54. The molecule has 2 aromatic carbocycles. The number of ether oxygens (including phenoxy) is 2. The zero-order valence-corrected chi connectivity index (χ0v) is 13.9. The summed E-state index contributed by atoms with van der Waals surface area (Å²) in [7, 11) is 0. The molecule has 0 fully saturated rings. The van der Waals surface area contributed by atoms with E-state index in [4.69, 9.17) is 9.47 Å². The molecule has 0 aliphatic heterocycles. The second-order valence-electron chi connectivity index (χ2n) is 4.15. The van der Waals surface area contributed by atoms with Gasteiger partial charge in [0, 0.05) is 4.47 Å². The Kier molecular flexibility index (Phi) is 5.20. The predicted octanol–water partition coefficient (Wildman–Crippen LogP) is 4.50. The first-order valence-corrected chi connectivity index (χ1v) is 7.48. The zero-order chi connectivity index (χ0) is 14.5. The fourth-order valence-electron chi connectivity index (χ4n) is 1.50. The SMILES string of the molecule is Cc1ccc(OC(=O)COc2ccc(Br)cc2Br)cc1. The van der Waals surface area contributed by atoms with Crippen LogP contribution in [0.4, 0.5) is 0 Å². The van der Waals surface area contributed by atoms with E-state index in [1.165, 1.54) is 0 Å². The topological polar surface area (TPSA) is 35.5 Å². The van der Waals surface area contributed by atoms with Crippen LogP contribution in [0.3, 0.4) is 0 Å². The van der Waals surface area contributed by atoms with Crippen molar-refractivity contribution < 1.29 is 14.3 Å². The van der Waals surface area contributed by atoms with Gasteiger partial charge in [-0.15, -0.1) is 0 Å². The Morgan fingerprint density at radius 2 is 1.80 bits per heavy atom. The molecule has 2 aromatic rings. The molecule has 0 spiro atoms. The highest BCUT2D eigenvalue weighted by atomic mass is 79.9. The molecule has 0 N–H and O–H groups in total. The zero-order valence-electron chi connectivity index (χ0n) is 10.7. The highest BCUT2D eigenvalue weighted by Gasteiger charge is 2.08. The minimum Gasteiger partial charge on any atom is -0.481 e. The molecule has 2 rings (SSSR count). The van der Waals surface area contributed by atoms with Crippen molar-refractivity contribution in [2.75, 3.05) is 6.61 Å². The molecule has 0 saturated heterocycles. The van der Waals surface area contributed by atoms with Crippen molar-refractivity contribution >= 4 is 37.8 Å². The number of hydrogen-bond acceptors (Lipinski definition) is 3. The van der Waals surface area contributed by atoms with E-state index in [1.807, 2.05) is 31.2 Å². The van der Waals surface area contributed by atoms with Crippen molar-refractivity contribution in [1.29, 1.82) is 0 Å². The average Bonchev–Trinajstić information content (AvgIpc) is 2.40. The summed E-state index contributed by atoms with van der Waals surface area (Å²) in [4.78, 5) is 11.7. The molecule has 0 amide bonds. The largest absolute Gasteiger partial charge is 0.481 e. The third-order valence-corrected chi connectivity index (χ3v) is 3.61. The second kappa shape index (κ2) is 6.90. The number of benzene rings is 2. The maximum absolute atomic E-state index is 11.7. The Balaban J connectivity index is 1.90. The molecule has 0 bridgehead atoms. The summed E-state index contributed by atoms with van der Waals surface area (Å²) < 4.78 is 12.3. The lowest BCUT2D eigenvalue weighted by molar-refractivity contribution is -0.136. The van der Waals surface area contributed by atoms with Gasteiger partial charge in [-0.1, -0.05) is 33.6 Å². The maximum atomic E-state index is 11.7. The summed E-state index contributed by atoms with van der Waals surface area (Å²) >= 11 is 6.71. The van der Waals surface area contributed by atoms with Crippen LogP contribution in [0.2, 0.25) is 0 Å². The summed E-state index contributed by atoms with van der Waals surface area (Å²) in [5.41, 5.74) is 1.11. The van der Waals surface area contributed by atoms with Gasteiger partial charge in [0.2, 0.25) is 0 Å². The average molecular weight is 400 g/mol. The minimum atomic E-state index is -0.441. The Bertz CT molecular complexity index is 609. The van der Waals surface area contributed by atoms with Crippen LogP contribution in [-0.2, 0) is 4.79 Å². The Labute approximate surface area is 134 Å². The Morgan fingerprint density at radius 1 is 1.10 bits per heavy atom. The molecule has 0 aliphatic rings. The summed E-state index contributed by atoms with van der Waals surface area (Å²) in [6, 6.07) is 12.7. The second-order valence-corrected chi connectivity index (χ2v) is 5.92. The molecule has 0 atom stereocenters. The standard InChI is InChI=1S/C15H12Br2O3/c1-10-2-5-12(6-3-10)20-15(18)9-19-14-7-4-11(16)8-13(14)17/h2-8H,9H2,1H3. The van der Waals surface area contributed by atoms with Crippen LogP contribution >= 0.6 is 31.9 Å². The summed E-state index contributed by atoms with van der Waals surface area (Å²) in [5, 5.41) is 0. The minimum absolute atomic E-state index is 0.145. The van der Waals surface area contributed by atoms with Crippen LogP contribution in [0.25, 0.3) is 0 Å². The Hall–Kier alpha value is -1.33. The van der Waals surface area contributed by atoms with Crippen molar-refractivity contribution in [2.24, 2.45) is 0 Å². The van der Waals surface area contributed by atoms with E-state index >= 15 is 0 Å². The van der Waals surface area contributed by atoms with Gasteiger partial charge in [0.25, 0.3) is 0 Å². The predicted molar refractivity (Wildman–Crippen MR) is 84.2 cm³/mol. The number of carbonyl (C=O) groups excluding carboxylic acids is 1. The van der Waals surface area contributed by atoms with Gasteiger partial charge < -0.3 is 9.47 Å². The number of halogens is 2. The van der Waals surface area contributed by atoms with E-state index in [2.05, 4.69) is 31.9 Å². The monoisotopic (exact) mass is 398 g/mol. The summed E-state index contributed by atoms with van der Waals surface area (Å²) in [6.45, 7) is 1.83. The molecule has 104 valence electrons. The lowest BCUT2D eigenvalue weighted by Crippen LogP contribution is -2.17. The van der Waals surface area contributed by atoms with Gasteiger partial charge in [-0.3, -0.25) is 0 Å². The van der Waals surface area contributed by atoms with Crippen molar-refractivity contribution in [3.63, 3.8) is 0 Å². The van der Waals surface area contributed by atoms with Crippen LogP contribution in [0.1, 0.15) is 5.56 Å². The highest BCUT2D eigenvalue weighted by molar-refractivity contribution is 9.11. The molecular formula is C15H12Br2O3. The number of rotatable bonds is 4. The smallest absolute Gasteiger partial charge is 0.349 e.